The Morgan fingerprint density at radius 1 is 0.875 bits per heavy atom. The summed E-state index contributed by atoms with van der Waals surface area (Å²) in [6.07, 6.45) is 6.03. The number of hydrogen-bond acceptors (Lipinski definition) is 3. The predicted molar refractivity (Wildman–Crippen MR) is 95.9 cm³/mol. The average molecular weight is 319 g/mol. The van der Waals surface area contributed by atoms with Crippen molar-refractivity contribution in [1.29, 1.82) is 0 Å². The largest absolute Gasteiger partial charge is 0.351 e. The van der Waals surface area contributed by atoms with Gasteiger partial charge < -0.3 is 5.32 Å². The molecule has 0 saturated carbocycles. The van der Waals surface area contributed by atoms with Crippen molar-refractivity contribution in [2.24, 2.45) is 0 Å². The van der Waals surface area contributed by atoms with Crippen molar-refractivity contribution >= 4 is 16.9 Å². The Labute approximate surface area is 142 Å². The van der Waals surface area contributed by atoms with E-state index in [2.05, 4.69) is 39.6 Å². The second-order valence-corrected chi connectivity index (χ2v) is 5.79. The van der Waals surface area contributed by atoms with Gasteiger partial charge in [-0.1, -0.05) is 36.8 Å². The molecule has 122 valence electrons. The third kappa shape index (κ3) is 4.38. The minimum atomic E-state index is -0.121. The molecule has 1 aromatic carbocycles. The molecule has 0 aliphatic carbocycles. The third-order valence-electron chi connectivity index (χ3n) is 3.96. The quantitative estimate of drug-likeness (QED) is 0.674. The summed E-state index contributed by atoms with van der Waals surface area (Å²) in [6, 6.07) is 17.7. The first-order chi connectivity index (χ1) is 11.8. The molecule has 3 rings (SSSR count). The van der Waals surface area contributed by atoms with Crippen LogP contribution in [0.5, 0.6) is 0 Å². The number of benzene rings is 1. The second-order valence-electron chi connectivity index (χ2n) is 5.79. The zero-order valence-electron chi connectivity index (χ0n) is 13.6. The van der Waals surface area contributed by atoms with E-state index in [1.165, 1.54) is 5.56 Å². The van der Waals surface area contributed by atoms with Crippen LogP contribution in [0.2, 0.25) is 0 Å². The Balaban J connectivity index is 1.40. The number of aryl methyl sites for hydroxylation is 1. The summed E-state index contributed by atoms with van der Waals surface area (Å²) < 4.78 is 0. The highest BCUT2D eigenvalue weighted by Gasteiger charge is 2.07. The van der Waals surface area contributed by atoms with Crippen molar-refractivity contribution < 1.29 is 4.79 Å². The van der Waals surface area contributed by atoms with E-state index in [-0.39, 0.29) is 5.91 Å². The first-order valence-corrected chi connectivity index (χ1v) is 8.37. The molecule has 1 N–H and O–H groups in total. The third-order valence-corrected chi connectivity index (χ3v) is 3.96. The first kappa shape index (κ1) is 16.1. The first-order valence-electron chi connectivity index (χ1n) is 8.37. The zero-order chi connectivity index (χ0) is 16.6. The van der Waals surface area contributed by atoms with Crippen LogP contribution >= 0.6 is 0 Å². The number of nitrogens with one attached hydrogen (secondary N) is 1. The maximum absolute atomic E-state index is 12.1. The molecule has 0 spiro atoms. The van der Waals surface area contributed by atoms with Gasteiger partial charge in [0.1, 0.15) is 5.69 Å². The van der Waals surface area contributed by atoms with Crippen LogP contribution in [0, 0.1) is 0 Å². The molecule has 1 amide bonds. The SMILES string of the molecule is O=C(NCCCCCc1ccccc1)c1ccc2ncccc2n1. The van der Waals surface area contributed by atoms with Crippen molar-refractivity contribution in [3.63, 3.8) is 0 Å². The maximum Gasteiger partial charge on any atom is 0.269 e. The average Bonchev–Trinajstić information content (AvgIpc) is 2.65. The van der Waals surface area contributed by atoms with Gasteiger partial charge >= 0.3 is 0 Å². The van der Waals surface area contributed by atoms with Gasteiger partial charge in [0.2, 0.25) is 0 Å². The lowest BCUT2D eigenvalue weighted by molar-refractivity contribution is 0.0948. The molecular formula is C20H21N3O. The van der Waals surface area contributed by atoms with Crippen LogP contribution in [0.25, 0.3) is 11.0 Å². The van der Waals surface area contributed by atoms with Crippen LogP contribution in [-0.4, -0.2) is 22.4 Å². The number of aromatic nitrogens is 2. The lowest BCUT2D eigenvalue weighted by Crippen LogP contribution is -2.25. The molecule has 0 radical (unpaired) electrons. The molecule has 4 nitrogen and oxygen atoms in total. The summed E-state index contributed by atoms with van der Waals surface area (Å²) in [4.78, 5) is 20.7. The van der Waals surface area contributed by atoms with Crippen molar-refractivity contribution in [2.45, 2.75) is 25.7 Å². The topological polar surface area (TPSA) is 54.9 Å². The standard InChI is InChI=1S/C20H21N3O/c24-20(19-13-12-17-18(23-19)11-7-15-21-17)22-14-6-2-5-10-16-8-3-1-4-9-16/h1,3-4,7-9,11-13,15H,2,5-6,10,14H2,(H,22,24). The van der Waals surface area contributed by atoms with E-state index < -0.39 is 0 Å². The fraction of sp³-hybridized carbons (Fsp3) is 0.250. The molecule has 0 bridgehead atoms. The van der Waals surface area contributed by atoms with E-state index in [1.807, 2.05) is 24.3 Å². The summed E-state index contributed by atoms with van der Waals surface area (Å²) in [5, 5.41) is 2.94. The number of hydrogen-bond donors (Lipinski definition) is 1. The predicted octanol–water partition coefficient (Wildman–Crippen LogP) is 3.77. The van der Waals surface area contributed by atoms with Gasteiger partial charge in [0, 0.05) is 12.7 Å². The molecule has 0 aliphatic heterocycles. The zero-order valence-corrected chi connectivity index (χ0v) is 13.6. The highest BCUT2D eigenvalue weighted by molar-refractivity contribution is 5.94. The Morgan fingerprint density at radius 3 is 2.62 bits per heavy atom. The van der Waals surface area contributed by atoms with Crippen LogP contribution in [0.4, 0.5) is 0 Å². The lowest BCUT2D eigenvalue weighted by atomic mass is 10.1. The van der Waals surface area contributed by atoms with E-state index >= 15 is 0 Å². The van der Waals surface area contributed by atoms with Crippen molar-refractivity contribution in [1.82, 2.24) is 15.3 Å². The van der Waals surface area contributed by atoms with Crippen LogP contribution in [0.1, 0.15) is 35.3 Å². The van der Waals surface area contributed by atoms with Gasteiger partial charge in [-0.05, 0) is 49.1 Å². The Bertz CT molecular complexity index is 802. The number of unbranched alkanes of at least 4 members (excludes halogenated alkanes) is 2. The fourth-order valence-electron chi connectivity index (χ4n) is 2.65. The molecule has 0 saturated heterocycles. The summed E-state index contributed by atoms with van der Waals surface area (Å²) in [5.41, 5.74) is 3.36. The lowest BCUT2D eigenvalue weighted by Gasteiger charge is -2.06. The van der Waals surface area contributed by atoms with E-state index in [4.69, 9.17) is 0 Å². The molecule has 0 aliphatic rings. The van der Waals surface area contributed by atoms with Crippen LogP contribution in [0.15, 0.2) is 60.8 Å². The smallest absolute Gasteiger partial charge is 0.269 e. The van der Waals surface area contributed by atoms with E-state index in [1.54, 1.807) is 12.3 Å². The molecule has 0 unspecified atom stereocenters. The van der Waals surface area contributed by atoms with Gasteiger partial charge in [-0.25, -0.2) is 4.98 Å². The number of rotatable bonds is 7. The normalized spacial score (nSPS) is 10.7. The summed E-state index contributed by atoms with van der Waals surface area (Å²) in [6.45, 7) is 0.681. The number of fused-ring (bicyclic) bond motifs is 1. The number of carbonyl (C=O) groups is 1. The molecule has 0 atom stereocenters. The molecule has 3 aromatic rings. The van der Waals surface area contributed by atoms with E-state index in [9.17, 15) is 4.79 Å². The Kier molecular flexibility index (Phi) is 5.51. The van der Waals surface area contributed by atoms with Crippen molar-refractivity contribution in [3.05, 3.63) is 72.1 Å². The number of amides is 1. The minimum absolute atomic E-state index is 0.121. The molecule has 2 aromatic heterocycles. The number of pyridine rings is 2. The number of carbonyl (C=O) groups excluding carboxylic acids is 1. The maximum atomic E-state index is 12.1. The summed E-state index contributed by atoms with van der Waals surface area (Å²) in [7, 11) is 0. The van der Waals surface area contributed by atoms with Gasteiger partial charge in [0.05, 0.1) is 11.0 Å². The Hall–Kier alpha value is -2.75. The monoisotopic (exact) mass is 319 g/mol. The molecular weight excluding hydrogens is 298 g/mol. The molecule has 24 heavy (non-hydrogen) atoms. The highest BCUT2D eigenvalue weighted by Crippen LogP contribution is 2.09. The van der Waals surface area contributed by atoms with Crippen molar-refractivity contribution in [3.8, 4) is 0 Å². The second kappa shape index (κ2) is 8.20. The molecule has 2 heterocycles. The molecule has 4 heteroatoms. The van der Waals surface area contributed by atoms with Gasteiger partial charge in [-0.2, -0.15) is 0 Å². The van der Waals surface area contributed by atoms with Crippen molar-refractivity contribution in [2.75, 3.05) is 6.54 Å². The minimum Gasteiger partial charge on any atom is -0.351 e. The van der Waals surface area contributed by atoms with E-state index in [0.29, 0.717) is 12.2 Å². The highest BCUT2D eigenvalue weighted by atomic mass is 16.1. The van der Waals surface area contributed by atoms with Gasteiger partial charge in [-0.15, -0.1) is 0 Å². The van der Waals surface area contributed by atoms with Gasteiger partial charge in [-0.3, -0.25) is 9.78 Å². The summed E-state index contributed by atoms with van der Waals surface area (Å²) >= 11 is 0. The van der Waals surface area contributed by atoms with Crippen LogP contribution in [0.3, 0.4) is 0 Å². The fourth-order valence-corrected chi connectivity index (χ4v) is 2.65. The van der Waals surface area contributed by atoms with E-state index in [0.717, 1.165) is 36.7 Å². The summed E-state index contributed by atoms with van der Waals surface area (Å²) in [5.74, 6) is -0.121. The van der Waals surface area contributed by atoms with Crippen LogP contribution in [-0.2, 0) is 6.42 Å². The van der Waals surface area contributed by atoms with Gasteiger partial charge in [0.25, 0.3) is 5.91 Å². The molecule has 0 fully saturated rings. The Morgan fingerprint density at radius 2 is 1.75 bits per heavy atom. The van der Waals surface area contributed by atoms with Crippen LogP contribution < -0.4 is 5.32 Å². The van der Waals surface area contributed by atoms with Gasteiger partial charge in [0.15, 0.2) is 0 Å². The number of nitrogens with zero attached hydrogens (tertiary/aromatic N) is 2.